The predicted molar refractivity (Wildman–Crippen MR) is 48.5 cm³/mol. The van der Waals surface area contributed by atoms with Crippen molar-refractivity contribution in [3.8, 4) is 0 Å². The lowest BCUT2D eigenvalue weighted by Gasteiger charge is -2.11. The average molecular weight is 181 g/mol. The molecule has 11 heavy (non-hydrogen) atoms. The van der Waals surface area contributed by atoms with Crippen LogP contribution in [-0.2, 0) is 4.79 Å². The van der Waals surface area contributed by atoms with Crippen LogP contribution in [0.25, 0.3) is 0 Å². The quantitative estimate of drug-likeness (QED) is 0.668. The van der Waals surface area contributed by atoms with E-state index < -0.39 is 0 Å². The molecule has 0 aliphatic heterocycles. The summed E-state index contributed by atoms with van der Waals surface area (Å²) in [6.45, 7) is 3.80. The minimum Gasteiger partial charge on any atom is -0.369 e. The molecule has 0 aromatic rings. The molecule has 0 aromatic carbocycles. The Morgan fingerprint density at radius 3 is 2.27 bits per heavy atom. The van der Waals surface area contributed by atoms with Gasteiger partial charge in [0.2, 0.25) is 5.91 Å². The first kappa shape index (κ1) is 13.3. The average Bonchev–Trinajstić information content (AvgIpc) is 1.87. The number of nitrogens with two attached hydrogens (primary N) is 2. The summed E-state index contributed by atoms with van der Waals surface area (Å²) in [5.74, 6) is -0.348. The fourth-order valence-electron chi connectivity index (χ4n) is 0.737. The first-order valence-electron chi connectivity index (χ1n) is 3.62. The van der Waals surface area contributed by atoms with Crippen LogP contribution in [-0.4, -0.2) is 11.9 Å². The summed E-state index contributed by atoms with van der Waals surface area (Å²) < 4.78 is 0. The maximum atomic E-state index is 10.5. The Morgan fingerprint density at radius 1 is 1.55 bits per heavy atom. The van der Waals surface area contributed by atoms with E-state index in [1.807, 2.05) is 6.92 Å². The summed E-state index contributed by atoms with van der Waals surface area (Å²) in [6.07, 6.45) is 1.60. The van der Waals surface area contributed by atoms with Crippen LogP contribution in [0.1, 0.15) is 26.7 Å². The standard InChI is InChI=1S/C7H16N2O.ClH/c1-3-6(8)4-5(2)7(9)10;/h5-6H,3-4,8H2,1-2H3,(H2,9,10);1H. The number of carbonyl (C=O) groups excluding carboxylic acids is 1. The van der Waals surface area contributed by atoms with Gasteiger partial charge in [-0.3, -0.25) is 4.79 Å². The molecular formula is C7H17ClN2O. The highest BCUT2D eigenvalue weighted by Gasteiger charge is 2.11. The van der Waals surface area contributed by atoms with Crippen molar-refractivity contribution >= 4 is 18.3 Å². The van der Waals surface area contributed by atoms with E-state index in [9.17, 15) is 4.79 Å². The number of halogens is 1. The molecule has 2 unspecified atom stereocenters. The van der Waals surface area contributed by atoms with Gasteiger partial charge < -0.3 is 11.5 Å². The van der Waals surface area contributed by atoms with Crippen molar-refractivity contribution in [2.24, 2.45) is 17.4 Å². The third-order valence-corrected chi connectivity index (χ3v) is 1.67. The Balaban J connectivity index is 0. The molecule has 0 aliphatic rings. The van der Waals surface area contributed by atoms with Crippen molar-refractivity contribution in [2.75, 3.05) is 0 Å². The fraction of sp³-hybridized carbons (Fsp3) is 0.857. The Labute approximate surface area is 73.9 Å². The highest BCUT2D eigenvalue weighted by Crippen LogP contribution is 2.05. The molecular weight excluding hydrogens is 164 g/mol. The molecule has 4 heteroatoms. The highest BCUT2D eigenvalue weighted by atomic mass is 35.5. The number of amides is 1. The van der Waals surface area contributed by atoms with E-state index in [1.54, 1.807) is 6.92 Å². The first-order valence-corrected chi connectivity index (χ1v) is 3.62. The highest BCUT2D eigenvalue weighted by molar-refractivity contribution is 5.85. The van der Waals surface area contributed by atoms with Crippen LogP contribution in [0.5, 0.6) is 0 Å². The van der Waals surface area contributed by atoms with Gasteiger partial charge in [-0.15, -0.1) is 12.4 Å². The Bertz CT molecular complexity index is 119. The summed E-state index contributed by atoms with van der Waals surface area (Å²) in [4.78, 5) is 10.5. The third-order valence-electron chi connectivity index (χ3n) is 1.67. The zero-order valence-electron chi connectivity index (χ0n) is 7.04. The van der Waals surface area contributed by atoms with Gasteiger partial charge >= 0.3 is 0 Å². The molecule has 2 atom stereocenters. The van der Waals surface area contributed by atoms with Gasteiger partial charge in [0, 0.05) is 12.0 Å². The van der Waals surface area contributed by atoms with Crippen LogP contribution in [0.15, 0.2) is 0 Å². The fourth-order valence-corrected chi connectivity index (χ4v) is 0.737. The lowest BCUT2D eigenvalue weighted by molar-refractivity contribution is -0.121. The minimum absolute atomic E-state index is 0. The lowest BCUT2D eigenvalue weighted by atomic mass is 10.0. The number of carbonyl (C=O) groups is 1. The molecule has 68 valence electrons. The summed E-state index contributed by atoms with van der Waals surface area (Å²) in [5, 5.41) is 0. The van der Waals surface area contributed by atoms with Crippen LogP contribution in [0.4, 0.5) is 0 Å². The second kappa shape index (κ2) is 6.43. The third kappa shape index (κ3) is 6.13. The van der Waals surface area contributed by atoms with Crippen molar-refractivity contribution in [1.29, 1.82) is 0 Å². The number of hydrogen-bond acceptors (Lipinski definition) is 2. The SMILES string of the molecule is CCC(N)CC(C)C(N)=O.Cl. The molecule has 0 bridgehead atoms. The van der Waals surface area contributed by atoms with Gasteiger partial charge in [-0.1, -0.05) is 13.8 Å². The molecule has 0 spiro atoms. The molecule has 0 radical (unpaired) electrons. The van der Waals surface area contributed by atoms with Crippen LogP contribution in [0, 0.1) is 5.92 Å². The van der Waals surface area contributed by atoms with Gasteiger partial charge in [0.15, 0.2) is 0 Å². The van der Waals surface area contributed by atoms with Gasteiger partial charge in [0.05, 0.1) is 0 Å². The number of hydrogen-bond donors (Lipinski definition) is 2. The molecule has 0 saturated heterocycles. The predicted octanol–water partition coefficient (Wildman–Crippen LogP) is 0.657. The van der Waals surface area contributed by atoms with Gasteiger partial charge in [-0.2, -0.15) is 0 Å². The van der Waals surface area contributed by atoms with E-state index in [0.717, 1.165) is 6.42 Å². The number of rotatable bonds is 4. The largest absolute Gasteiger partial charge is 0.369 e. The molecule has 0 heterocycles. The van der Waals surface area contributed by atoms with Crippen LogP contribution in [0.3, 0.4) is 0 Å². The van der Waals surface area contributed by atoms with Crippen molar-refractivity contribution in [3.63, 3.8) is 0 Å². The summed E-state index contributed by atoms with van der Waals surface area (Å²) >= 11 is 0. The van der Waals surface area contributed by atoms with Crippen LogP contribution >= 0.6 is 12.4 Å². The molecule has 0 fully saturated rings. The van der Waals surface area contributed by atoms with E-state index in [0.29, 0.717) is 6.42 Å². The lowest BCUT2D eigenvalue weighted by Crippen LogP contribution is -2.28. The van der Waals surface area contributed by atoms with E-state index in [1.165, 1.54) is 0 Å². The van der Waals surface area contributed by atoms with Gasteiger partial charge in [-0.05, 0) is 12.8 Å². The molecule has 4 N–H and O–H groups in total. The second-order valence-electron chi connectivity index (χ2n) is 2.71. The van der Waals surface area contributed by atoms with Gasteiger partial charge in [0.25, 0.3) is 0 Å². The number of primary amides is 1. The van der Waals surface area contributed by atoms with Crippen molar-refractivity contribution in [3.05, 3.63) is 0 Å². The molecule has 3 nitrogen and oxygen atoms in total. The maximum Gasteiger partial charge on any atom is 0.220 e. The second-order valence-corrected chi connectivity index (χ2v) is 2.71. The summed E-state index contributed by atoms with van der Waals surface area (Å²) in [5.41, 5.74) is 10.6. The normalized spacial score (nSPS) is 14.8. The van der Waals surface area contributed by atoms with Crippen molar-refractivity contribution < 1.29 is 4.79 Å². The monoisotopic (exact) mass is 180 g/mol. The minimum atomic E-state index is -0.260. The van der Waals surface area contributed by atoms with Crippen molar-refractivity contribution in [1.82, 2.24) is 0 Å². The Morgan fingerprint density at radius 2 is 2.00 bits per heavy atom. The van der Waals surface area contributed by atoms with Gasteiger partial charge in [0.1, 0.15) is 0 Å². The molecule has 0 saturated carbocycles. The van der Waals surface area contributed by atoms with Crippen molar-refractivity contribution in [2.45, 2.75) is 32.7 Å². The maximum absolute atomic E-state index is 10.5. The van der Waals surface area contributed by atoms with E-state index in [-0.39, 0.29) is 30.3 Å². The molecule has 1 amide bonds. The van der Waals surface area contributed by atoms with E-state index in [4.69, 9.17) is 11.5 Å². The van der Waals surface area contributed by atoms with E-state index in [2.05, 4.69) is 0 Å². The molecule has 0 aromatic heterocycles. The zero-order chi connectivity index (χ0) is 8.15. The van der Waals surface area contributed by atoms with E-state index >= 15 is 0 Å². The first-order chi connectivity index (χ1) is 4.57. The van der Waals surface area contributed by atoms with Crippen LogP contribution in [0.2, 0.25) is 0 Å². The summed E-state index contributed by atoms with van der Waals surface area (Å²) in [7, 11) is 0. The molecule has 0 rings (SSSR count). The van der Waals surface area contributed by atoms with Crippen LogP contribution < -0.4 is 11.5 Å². The Kier molecular flexibility index (Phi) is 7.79. The molecule has 0 aliphatic carbocycles. The Hall–Kier alpha value is -0.280. The topological polar surface area (TPSA) is 69.1 Å². The zero-order valence-corrected chi connectivity index (χ0v) is 7.86. The smallest absolute Gasteiger partial charge is 0.220 e. The van der Waals surface area contributed by atoms with Gasteiger partial charge in [-0.25, -0.2) is 0 Å². The summed E-state index contributed by atoms with van der Waals surface area (Å²) in [6, 6.07) is 0.113.